The number of anilines is 1. The van der Waals surface area contributed by atoms with Crippen LogP contribution >= 0.6 is 0 Å². The summed E-state index contributed by atoms with van der Waals surface area (Å²) in [7, 11) is 4.28. The van der Waals surface area contributed by atoms with Crippen molar-refractivity contribution in [2.45, 2.75) is 37.3 Å². The van der Waals surface area contributed by atoms with E-state index in [-0.39, 0.29) is 19.2 Å². The number of nitrogens with zero attached hydrogens (tertiary/aromatic N) is 1. The average Bonchev–Trinajstić information content (AvgIpc) is 2.90. The van der Waals surface area contributed by atoms with Gasteiger partial charge in [-0.2, -0.15) is 0 Å². The van der Waals surface area contributed by atoms with Crippen LogP contribution < -0.4 is 4.90 Å². The summed E-state index contributed by atoms with van der Waals surface area (Å²) in [6.07, 6.45) is 9.90. The second-order valence-corrected chi connectivity index (χ2v) is 7.64. The van der Waals surface area contributed by atoms with E-state index in [0.717, 1.165) is 0 Å². The molecule has 0 amide bonds. The van der Waals surface area contributed by atoms with Crippen LogP contribution in [0.3, 0.4) is 0 Å². The zero-order valence-corrected chi connectivity index (χ0v) is 14.5. The Balaban J connectivity index is 2.02. The van der Waals surface area contributed by atoms with Crippen LogP contribution in [0.1, 0.15) is 38.2 Å². The van der Waals surface area contributed by atoms with Gasteiger partial charge in [0.15, 0.2) is 0 Å². The molecular formula is C18H25NTi. The SMILES string of the molecule is CCCCC1=[C]([Ti][CH2]c2ccccc2N(C)C)CC=C1. The van der Waals surface area contributed by atoms with Gasteiger partial charge in [-0.15, -0.1) is 0 Å². The van der Waals surface area contributed by atoms with Gasteiger partial charge in [-0.1, -0.05) is 0 Å². The van der Waals surface area contributed by atoms with E-state index in [2.05, 4.69) is 62.3 Å². The van der Waals surface area contributed by atoms with Gasteiger partial charge in [0.1, 0.15) is 0 Å². The minimum atomic E-state index is -0.0134. The molecule has 20 heavy (non-hydrogen) atoms. The number of para-hydroxylation sites is 1. The summed E-state index contributed by atoms with van der Waals surface area (Å²) in [5, 5.41) is 0. The van der Waals surface area contributed by atoms with Crippen molar-refractivity contribution in [1.82, 2.24) is 0 Å². The summed E-state index contributed by atoms with van der Waals surface area (Å²) >= 11 is -0.0134. The fourth-order valence-corrected chi connectivity index (χ4v) is 4.82. The molecule has 0 spiro atoms. The summed E-state index contributed by atoms with van der Waals surface area (Å²) in [5.74, 6) is 0. The topological polar surface area (TPSA) is 3.24 Å². The van der Waals surface area contributed by atoms with Crippen molar-refractivity contribution in [2.24, 2.45) is 0 Å². The summed E-state index contributed by atoms with van der Waals surface area (Å²) in [6.45, 7) is 2.28. The van der Waals surface area contributed by atoms with E-state index in [4.69, 9.17) is 0 Å². The van der Waals surface area contributed by atoms with E-state index in [0.29, 0.717) is 0 Å². The predicted molar refractivity (Wildman–Crippen MR) is 84.8 cm³/mol. The van der Waals surface area contributed by atoms with Crippen molar-refractivity contribution in [3.8, 4) is 0 Å². The third-order valence-electron chi connectivity index (χ3n) is 3.79. The monoisotopic (exact) mass is 303 g/mol. The molecule has 1 nitrogen and oxygen atoms in total. The Labute approximate surface area is 132 Å². The van der Waals surface area contributed by atoms with Crippen LogP contribution in [0.5, 0.6) is 0 Å². The predicted octanol–water partition coefficient (Wildman–Crippen LogP) is 4.74. The average molecular weight is 303 g/mol. The van der Waals surface area contributed by atoms with Crippen molar-refractivity contribution < 1.29 is 19.2 Å². The molecule has 0 radical (unpaired) electrons. The number of rotatable bonds is 7. The van der Waals surface area contributed by atoms with E-state index < -0.39 is 0 Å². The van der Waals surface area contributed by atoms with E-state index in [1.165, 1.54) is 41.7 Å². The van der Waals surface area contributed by atoms with Gasteiger partial charge in [-0.3, -0.25) is 0 Å². The number of hydrogen-bond donors (Lipinski definition) is 0. The number of benzene rings is 1. The van der Waals surface area contributed by atoms with Crippen molar-refractivity contribution in [3.63, 3.8) is 0 Å². The molecule has 0 aromatic heterocycles. The molecule has 0 bridgehead atoms. The summed E-state index contributed by atoms with van der Waals surface area (Å²) in [5.41, 5.74) is 4.57. The number of allylic oxidation sites excluding steroid dienone is 4. The molecule has 0 saturated carbocycles. The first-order valence-corrected chi connectivity index (χ1v) is 9.48. The van der Waals surface area contributed by atoms with Crippen LogP contribution in [0.25, 0.3) is 0 Å². The molecule has 0 unspecified atom stereocenters. The summed E-state index contributed by atoms with van der Waals surface area (Å²) in [6, 6.07) is 8.85. The van der Waals surface area contributed by atoms with Crippen molar-refractivity contribution in [1.29, 1.82) is 0 Å². The van der Waals surface area contributed by atoms with Crippen LogP contribution in [0.2, 0.25) is 0 Å². The molecule has 0 aliphatic heterocycles. The summed E-state index contributed by atoms with van der Waals surface area (Å²) in [4.78, 5) is 2.24. The van der Waals surface area contributed by atoms with Crippen LogP contribution in [-0.2, 0) is 23.9 Å². The normalized spacial score (nSPS) is 13.9. The molecule has 106 valence electrons. The second kappa shape index (κ2) is 7.85. The van der Waals surface area contributed by atoms with Gasteiger partial charge in [0, 0.05) is 0 Å². The molecule has 0 heterocycles. The maximum atomic E-state index is 2.38. The Morgan fingerprint density at radius 2 is 2.00 bits per heavy atom. The van der Waals surface area contributed by atoms with Gasteiger partial charge in [0.05, 0.1) is 0 Å². The van der Waals surface area contributed by atoms with Gasteiger partial charge in [0.25, 0.3) is 0 Å². The third kappa shape index (κ3) is 4.10. The first kappa shape index (κ1) is 15.6. The first-order chi connectivity index (χ1) is 9.72. The first-order valence-electron chi connectivity index (χ1n) is 7.60. The zero-order valence-electron chi connectivity index (χ0n) is 12.9. The molecule has 1 aromatic carbocycles. The van der Waals surface area contributed by atoms with Gasteiger partial charge < -0.3 is 0 Å². The van der Waals surface area contributed by atoms with Gasteiger partial charge >= 0.3 is 133 Å². The quantitative estimate of drug-likeness (QED) is 0.658. The number of unbranched alkanes of at least 4 members (excludes halogenated alkanes) is 1. The zero-order chi connectivity index (χ0) is 14.4. The fourth-order valence-electron chi connectivity index (χ4n) is 2.64. The van der Waals surface area contributed by atoms with Gasteiger partial charge in [0.2, 0.25) is 0 Å². The fraction of sp³-hybridized carbons (Fsp3) is 0.444. The Morgan fingerprint density at radius 1 is 1.20 bits per heavy atom. The second-order valence-electron chi connectivity index (χ2n) is 5.59. The molecule has 0 N–H and O–H groups in total. The van der Waals surface area contributed by atoms with Gasteiger partial charge in [-0.25, -0.2) is 0 Å². The van der Waals surface area contributed by atoms with Crippen LogP contribution in [0, 0.1) is 0 Å². The molecule has 2 rings (SSSR count). The van der Waals surface area contributed by atoms with Crippen molar-refractivity contribution in [2.75, 3.05) is 19.0 Å². The van der Waals surface area contributed by atoms with Crippen LogP contribution in [0.4, 0.5) is 5.69 Å². The van der Waals surface area contributed by atoms with E-state index in [1.807, 2.05) is 0 Å². The Morgan fingerprint density at radius 3 is 2.75 bits per heavy atom. The van der Waals surface area contributed by atoms with E-state index >= 15 is 0 Å². The van der Waals surface area contributed by atoms with E-state index in [1.54, 1.807) is 9.45 Å². The Kier molecular flexibility index (Phi) is 6.13. The van der Waals surface area contributed by atoms with Crippen LogP contribution in [-0.4, -0.2) is 14.1 Å². The Hall–Kier alpha value is -0.786. The maximum absolute atomic E-state index is 2.38. The Bertz CT molecular complexity index is 500. The van der Waals surface area contributed by atoms with E-state index in [9.17, 15) is 0 Å². The van der Waals surface area contributed by atoms with Gasteiger partial charge in [-0.05, 0) is 0 Å². The molecule has 0 saturated heterocycles. The molecule has 1 aliphatic carbocycles. The van der Waals surface area contributed by atoms with Crippen LogP contribution in [0.15, 0.2) is 45.9 Å². The molecule has 0 fully saturated rings. The van der Waals surface area contributed by atoms with Crippen molar-refractivity contribution in [3.05, 3.63) is 51.4 Å². The standard InChI is InChI=1S/C9H12N.C9H13.Ti/c1-8-6-4-5-7-9(8)10(2)3;1-2-3-6-9-7-4-5-8-9;/h4-7H,1H2,2-3H3;4,7H,2-3,5-6H2,1H3;. The third-order valence-corrected chi connectivity index (χ3v) is 6.15. The molecule has 1 aromatic rings. The number of hydrogen-bond acceptors (Lipinski definition) is 1. The molecule has 0 atom stereocenters. The molecule has 1 aliphatic rings. The van der Waals surface area contributed by atoms with Crippen molar-refractivity contribution >= 4 is 5.69 Å². The molecule has 2 heteroatoms. The molecular weight excluding hydrogens is 278 g/mol. The summed E-state index contributed by atoms with van der Waals surface area (Å²) < 4.78 is 3.06. The minimum absolute atomic E-state index is 0.0134.